The van der Waals surface area contributed by atoms with Gasteiger partial charge in [-0.15, -0.1) is 5.54 Å². The summed E-state index contributed by atoms with van der Waals surface area (Å²) in [6, 6.07) is 2.36. The summed E-state index contributed by atoms with van der Waals surface area (Å²) in [6.45, 7) is 1.93. The van der Waals surface area contributed by atoms with Crippen LogP contribution in [-0.4, -0.2) is 23.5 Å². The van der Waals surface area contributed by atoms with Gasteiger partial charge in [-0.05, 0) is 24.6 Å². The Morgan fingerprint density at radius 3 is 2.17 bits per heavy atom. The molecule has 1 aromatic carbocycles. The summed E-state index contributed by atoms with van der Waals surface area (Å²) in [5.74, 6) is 2.24. The summed E-state index contributed by atoms with van der Waals surface area (Å²) >= 11 is 0. The van der Waals surface area contributed by atoms with Crippen LogP contribution >= 0.6 is 0 Å². The molecule has 0 aliphatic heterocycles. The van der Waals surface area contributed by atoms with Crippen molar-refractivity contribution in [1.82, 2.24) is 0 Å². The van der Waals surface area contributed by atoms with Crippen molar-refractivity contribution in [3.05, 3.63) is 28.8 Å². The molecule has 0 atom stereocenters. The van der Waals surface area contributed by atoms with Crippen molar-refractivity contribution < 1.29 is 80.8 Å². The maximum absolute atomic E-state index is 12.7. The normalized spacial score (nSPS) is 12.0. The standard InChI is InChI=1S/C13H16BF4O3SSi.K/c1-10-12(9-14(15,16)17)7-11(5-6-23(2,3)4)8-13(10)21-22(18,19)20;/h7-8H,9H2,1-4H3;/q-1;+1. The minimum Gasteiger partial charge on any atom is -0.449 e. The monoisotopic (exact) mass is 406 g/mol. The maximum atomic E-state index is 12.7. The maximum Gasteiger partial charge on any atom is 1.00 e. The van der Waals surface area contributed by atoms with Crippen LogP contribution < -0.4 is 55.6 Å². The van der Waals surface area contributed by atoms with Crippen molar-refractivity contribution in [2.75, 3.05) is 0 Å². The minimum absolute atomic E-state index is 0. The van der Waals surface area contributed by atoms with E-state index in [1.54, 1.807) is 0 Å². The van der Waals surface area contributed by atoms with Crippen molar-refractivity contribution in [2.24, 2.45) is 0 Å². The molecule has 0 fully saturated rings. The zero-order valence-corrected chi connectivity index (χ0v) is 19.0. The van der Waals surface area contributed by atoms with Crippen LogP contribution in [0, 0.1) is 18.4 Å². The smallest absolute Gasteiger partial charge is 0.449 e. The molecule has 1 rings (SSSR count). The van der Waals surface area contributed by atoms with Gasteiger partial charge < -0.3 is 17.1 Å². The van der Waals surface area contributed by atoms with Crippen molar-refractivity contribution in [3.63, 3.8) is 0 Å². The number of halogens is 4. The summed E-state index contributed by atoms with van der Waals surface area (Å²) < 4.78 is 76.3. The molecule has 0 unspecified atom stereocenters. The third-order valence-corrected chi connectivity index (χ3v) is 3.94. The van der Waals surface area contributed by atoms with Crippen LogP contribution in [0.4, 0.5) is 16.8 Å². The van der Waals surface area contributed by atoms with Gasteiger partial charge in [-0.2, -0.15) is 8.42 Å². The van der Waals surface area contributed by atoms with Gasteiger partial charge in [0.05, 0.1) is 0 Å². The molecule has 0 aliphatic carbocycles. The number of hydrogen-bond acceptors (Lipinski definition) is 3. The van der Waals surface area contributed by atoms with E-state index in [4.69, 9.17) is 0 Å². The fraction of sp³-hybridized carbons (Fsp3) is 0.385. The number of benzene rings is 1. The molecule has 0 amide bonds. The third kappa shape index (κ3) is 9.60. The van der Waals surface area contributed by atoms with E-state index in [1.807, 2.05) is 19.6 Å². The SMILES string of the molecule is Cc1c(C[B-](F)(F)F)cc(C#C[Si](C)(C)C)cc1OS(=O)(=O)F.[K+]. The second kappa shape index (κ2) is 8.70. The summed E-state index contributed by atoms with van der Waals surface area (Å²) in [5, 5.41) is 0. The first-order valence-corrected chi connectivity index (χ1v) is 11.5. The first-order chi connectivity index (χ1) is 10.2. The Hall–Kier alpha value is 0.168. The number of rotatable bonds is 4. The van der Waals surface area contributed by atoms with E-state index in [0.717, 1.165) is 6.07 Å². The molecule has 0 bridgehead atoms. The second-order valence-electron chi connectivity index (χ2n) is 6.15. The minimum atomic E-state index is -5.34. The van der Waals surface area contributed by atoms with Gasteiger partial charge in [0.2, 0.25) is 0 Å². The van der Waals surface area contributed by atoms with Crippen LogP contribution in [0.2, 0.25) is 19.6 Å². The van der Waals surface area contributed by atoms with E-state index in [1.165, 1.54) is 13.0 Å². The molecule has 0 N–H and O–H groups in total. The van der Waals surface area contributed by atoms with Crippen LogP contribution in [0.1, 0.15) is 16.7 Å². The quantitative estimate of drug-likeness (QED) is 0.321. The average molecular weight is 406 g/mol. The van der Waals surface area contributed by atoms with Crippen LogP contribution in [0.15, 0.2) is 12.1 Å². The molecule has 0 radical (unpaired) electrons. The first kappa shape index (κ1) is 24.2. The molecule has 128 valence electrons. The second-order valence-corrected chi connectivity index (χ2v) is 11.9. The zero-order chi connectivity index (χ0) is 18.1. The van der Waals surface area contributed by atoms with E-state index in [-0.39, 0.29) is 68.1 Å². The van der Waals surface area contributed by atoms with Gasteiger partial charge in [0, 0.05) is 5.56 Å². The van der Waals surface area contributed by atoms with E-state index < -0.39 is 37.6 Å². The van der Waals surface area contributed by atoms with Gasteiger partial charge >= 0.3 is 68.9 Å². The zero-order valence-electron chi connectivity index (χ0n) is 14.1. The van der Waals surface area contributed by atoms with Gasteiger partial charge in [-0.3, -0.25) is 0 Å². The van der Waals surface area contributed by atoms with Crippen molar-refractivity contribution in [2.45, 2.75) is 32.9 Å². The molecular weight excluding hydrogens is 390 g/mol. The van der Waals surface area contributed by atoms with Gasteiger partial charge in [0.15, 0.2) is 0 Å². The Morgan fingerprint density at radius 1 is 1.21 bits per heavy atom. The molecular formula is C13H16BF4KO3SSi. The molecule has 11 heteroatoms. The molecule has 0 saturated carbocycles. The third-order valence-electron chi connectivity index (χ3n) is 2.69. The largest absolute Gasteiger partial charge is 1.00 e. The fourth-order valence-corrected chi connectivity index (χ4v) is 2.64. The van der Waals surface area contributed by atoms with Crippen molar-refractivity contribution in [3.8, 4) is 17.2 Å². The summed E-state index contributed by atoms with van der Waals surface area (Å²) in [5.41, 5.74) is 2.85. The predicted molar refractivity (Wildman–Crippen MR) is 84.8 cm³/mol. The molecule has 0 aliphatic rings. The Morgan fingerprint density at radius 2 is 1.75 bits per heavy atom. The van der Waals surface area contributed by atoms with Crippen LogP contribution in [-0.2, 0) is 16.8 Å². The summed E-state index contributed by atoms with van der Waals surface area (Å²) in [7, 11) is -7.13. The summed E-state index contributed by atoms with van der Waals surface area (Å²) in [6.07, 6.45) is -1.23. The van der Waals surface area contributed by atoms with Crippen LogP contribution in [0.5, 0.6) is 5.75 Å². The van der Waals surface area contributed by atoms with Crippen molar-refractivity contribution >= 4 is 25.6 Å². The van der Waals surface area contributed by atoms with Gasteiger partial charge in [0.1, 0.15) is 13.8 Å². The van der Waals surface area contributed by atoms with Gasteiger partial charge in [0.25, 0.3) is 0 Å². The molecule has 0 heterocycles. The van der Waals surface area contributed by atoms with Crippen LogP contribution in [0.3, 0.4) is 0 Å². The topological polar surface area (TPSA) is 43.4 Å². The molecule has 3 nitrogen and oxygen atoms in total. The fourth-order valence-electron chi connectivity index (χ4n) is 1.73. The first-order valence-electron chi connectivity index (χ1n) is 6.68. The molecule has 0 saturated heterocycles. The van der Waals surface area contributed by atoms with Gasteiger partial charge in [-0.25, -0.2) is 0 Å². The van der Waals surface area contributed by atoms with E-state index in [0.29, 0.717) is 0 Å². The Bertz CT molecular complexity index is 764. The molecule has 24 heavy (non-hydrogen) atoms. The Labute approximate surface area is 183 Å². The van der Waals surface area contributed by atoms with E-state index in [9.17, 15) is 25.3 Å². The predicted octanol–water partition coefficient (Wildman–Crippen LogP) is 0.750. The van der Waals surface area contributed by atoms with E-state index >= 15 is 0 Å². The molecule has 0 aromatic heterocycles. The van der Waals surface area contributed by atoms with Crippen molar-refractivity contribution in [1.29, 1.82) is 0 Å². The Balaban J connectivity index is 0.00000529. The summed E-state index contributed by atoms with van der Waals surface area (Å²) in [4.78, 5) is 0. The Kier molecular flexibility index (Phi) is 8.76. The van der Waals surface area contributed by atoms with E-state index in [2.05, 4.69) is 15.6 Å². The molecule has 0 spiro atoms. The number of hydrogen-bond donors (Lipinski definition) is 0. The molecule has 1 aromatic rings. The van der Waals surface area contributed by atoms with Gasteiger partial charge in [-0.1, -0.05) is 41.3 Å². The average Bonchev–Trinajstić information content (AvgIpc) is 2.27. The van der Waals surface area contributed by atoms with Crippen LogP contribution in [0.25, 0.3) is 0 Å².